The Kier molecular flexibility index (Phi) is 1.88. The number of pyridine rings is 1. The molecule has 13 heavy (non-hydrogen) atoms. The molecule has 0 amide bonds. The van der Waals surface area contributed by atoms with Crippen LogP contribution in [0.5, 0.6) is 0 Å². The van der Waals surface area contributed by atoms with Gasteiger partial charge in [0.1, 0.15) is 0 Å². The predicted octanol–water partition coefficient (Wildman–Crippen LogP) is 0.777. The van der Waals surface area contributed by atoms with Crippen molar-refractivity contribution in [3.8, 4) is 11.4 Å². The Hall–Kier alpha value is -1.97. The van der Waals surface area contributed by atoms with Crippen LogP contribution in [0.15, 0.2) is 42.7 Å². The second-order valence-corrected chi connectivity index (χ2v) is 2.52. The van der Waals surface area contributed by atoms with Gasteiger partial charge in [-0.15, -0.1) is 5.10 Å². The maximum atomic E-state index is 11.3. The van der Waals surface area contributed by atoms with Gasteiger partial charge in [-0.2, -0.15) is 9.83 Å². The summed E-state index contributed by atoms with van der Waals surface area (Å²) in [4.78, 5) is 0. The molecule has 0 aromatic carbocycles. The molecule has 64 valence electrons. The van der Waals surface area contributed by atoms with Gasteiger partial charge < -0.3 is 5.21 Å². The normalized spacial score (nSPS) is 9.85. The molecule has 0 spiro atoms. The summed E-state index contributed by atoms with van der Waals surface area (Å²) < 4.78 is 0.768. The second kappa shape index (κ2) is 3.18. The molecule has 0 atom stereocenters. The summed E-state index contributed by atoms with van der Waals surface area (Å²) >= 11 is 0. The van der Waals surface area contributed by atoms with E-state index in [1.807, 2.05) is 0 Å². The predicted molar refractivity (Wildman–Crippen MR) is 46.4 cm³/mol. The highest BCUT2D eigenvalue weighted by molar-refractivity contribution is 5.48. The molecule has 0 aliphatic rings. The highest BCUT2D eigenvalue weighted by Gasteiger charge is 2.07. The third-order valence-electron chi connectivity index (χ3n) is 1.66. The molecule has 0 fully saturated rings. The monoisotopic (exact) mass is 173 g/mol. The summed E-state index contributed by atoms with van der Waals surface area (Å²) in [7, 11) is 0. The zero-order valence-corrected chi connectivity index (χ0v) is 6.79. The van der Waals surface area contributed by atoms with Crippen LogP contribution in [0.25, 0.3) is 11.4 Å². The molecule has 2 aromatic rings. The van der Waals surface area contributed by atoms with Crippen LogP contribution in [-0.2, 0) is 0 Å². The first-order chi connectivity index (χ1) is 6.38. The van der Waals surface area contributed by atoms with Gasteiger partial charge in [-0.05, 0) is 18.2 Å². The Bertz CT molecular complexity index is 403. The minimum Gasteiger partial charge on any atom is -0.618 e. The maximum absolute atomic E-state index is 11.3. The highest BCUT2D eigenvalue weighted by atomic mass is 16.5. The van der Waals surface area contributed by atoms with Gasteiger partial charge in [0.25, 0.3) is 0 Å². The van der Waals surface area contributed by atoms with Crippen molar-refractivity contribution in [2.45, 2.75) is 0 Å². The smallest absolute Gasteiger partial charge is 0.244 e. The molecule has 0 radical (unpaired) electrons. The maximum Gasteiger partial charge on any atom is 0.244 e. The topological polar surface area (TPSA) is 52.7 Å². The van der Waals surface area contributed by atoms with E-state index < -0.39 is 0 Å². The average Bonchev–Trinajstić information content (AvgIpc) is 2.20. The van der Waals surface area contributed by atoms with Gasteiger partial charge >= 0.3 is 0 Å². The molecule has 0 unspecified atom stereocenters. The third kappa shape index (κ3) is 1.46. The molecule has 2 rings (SSSR count). The number of hydrogen-bond acceptors (Lipinski definition) is 3. The van der Waals surface area contributed by atoms with Crippen LogP contribution in [0.3, 0.4) is 0 Å². The summed E-state index contributed by atoms with van der Waals surface area (Å²) in [5.74, 6) is 0. The van der Waals surface area contributed by atoms with Crippen LogP contribution in [-0.4, -0.2) is 10.2 Å². The first-order valence-electron chi connectivity index (χ1n) is 3.84. The van der Waals surface area contributed by atoms with Crippen LogP contribution < -0.4 is 4.73 Å². The van der Waals surface area contributed by atoms with Crippen molar-refractivity contribution >= 4 is 0 Å². The van der Waals surface area contributed by atoms with Crippen LogP contribution in [0.1, 0.15) is 0 Å². The number of hydrogen-bond donors (Lipinski definition) is 0. The summed E-state index contributed by atoms with van der Waals surface area (Å²) in [6.45, 7) is 0. The summed E-state index contributed by atoms with van der Waals surface area (Å²) in [5, 5.41) is 18.8. The second-order valence-electron chi connectivity index (χ2n) is 2.52. The molecule has 0 saturated carbocycles. The Morgan fingerprint density at radius 1 is 1.15 bits per heavy atom. The van der Waals surface area contributed by atoms with Gasteiger partial charge in [0, 0.05) is 18.3 Å². The molecule has 2 aromatic heterocycles. The Balaban J connectivity index is 2.54. The molecule has 0 aliphatic carbocycles. The van der Waals surface area contributed by atoms with Crippen molar-refractivity contribution in [3.63, 3.8) is 0 Å². The SMILES string of the molecule is [O-][n+]1ccccc1-c1cccnn1. The van der Waals surface area contributed by atoms with Crippen molar-refractivity contribution in [2.75, 3.05) is 0 Å². The fourth-order valence-corrected chi connectivity index (χ4v) is 1.06. The number of rotatable bonds is 1. The van der Waals surface area contributed by atoms with E-state index in [0.717, 1.165) is 4.73 Å². The standard InChI is InChI=1S/C9H7N3O/c13-12-7-2-1-5-9(12)8-4-3-6-10-11-8/h1-7H. The van der Waals surface area contributed by atoms with Gasteiger partial charge in [0.05, 0.1) is 0 Å². The first kappa shape index (κ1) is 7.67. The summed E-state index contributed by atoms with van der Waals surface area (Å²) in [6, 6.07) is 8.66. The molecule has 0 bridgehead atoms. The van der Waals surface area contributed by atoms with E-state index >= 15 is 0 Å². The highest BCUT2D eigenvalue weighted by Crippen LogP contribution is 2.08. The van der Waals surface area contributed by atoms with Gasteiger partial charge in [-0.3, -0.25) is 0 Å². The van der Waals surface area contributed by atoms with Crippen molar-refractivity contribution < 1.29 is 4.73 Å². The fourth-order valence-electron chi connectivity index (χ4n) is 1.06. The van der Waals surface area contributed by atoms with Crippen molar-refractivity contribution in [1.82, 2.24) is 10.2 Å². The van der Waals surface area contributed by atoms with Gasteiger partial charge in [0.15, 0.2) is 11.9 Å². The van der Waals surface area contributed by atoms with Crippen molar-refractivity contribution in [1.29, 1.82) is 0 Å². The lowest BCUT2D eigenvalue weighted by atomic mass is 10.2. The van der Waals surface area contributed by atoms with Crippen LogP contribution in [0, 0.1) is 5.21 Å². The van der Waals surface area contributed by atoms with Gasteiger partial charge in [-0.1, -0.05) is 0 Å². The Morgan fingerprint density at radius 2 is 2.08 bits per heavy atom. The Morgan fingerprint density at radius 3 is 2.77 bits per heavy atom. The molecular formula is C9H7N3O. The van der Waals surface area contributed by atoms with E-state index in [1.165, 1.54) is 6.20 Å². The van der Waals surface area contributed by atoms with E-state index in [4.69, 9.17) is 0 Å². The number of nitrogens with zero attached hydrogens (tertiary/aromatic N) is 3. The van der Waals surface area contributed by atoms with E-state index in [1.54, 1.807) is 36.5 Å². The summed E-state index contributed by atoms with van der Waals surface area (Å²) in [5.41, 5.74) is 1.09. The molecular weight excluding hydrogens is 166 g/mol. The van der Waals surface area contributed by atoms with Gasteiger partial charge in [-0.25, -0.2) is 0 Å². The quantitative estimate of drug-likeness (QED) is 0.473. The van der Waals surface area contributed by atoms with E-state index in [2.05, 4.69) is 10.2 Å². The zero-order valence-electron chi connectivity index (χ0n) is 6.79. The van der Waals surface area contributed by atoms with E-state index in [-0.39, 0.29) is 0 Å². The van der Waals surface area contributed by atoms with Crippen molar-refractivity contribution in [2.24, 2.45) is 0 Å². The lowest BCUT2D eigenvalue weighted by Gasteiger charge is -2.00. The lowest BCUT2D eigenvalue weighted by molar-refractivity contribution is -0.593. The third-order valence-corrected chi connectivity index (χ3v) is 1.66. The number of aromatic nitrogens is 3. The minimum atomic E-state index is 0.510. The minimum absolute atomic E-state index is 0.510. The molecule has 0 aliphatic heterocycles. The van der Waals surface area contributed by atoms with E-state index in [9.17, 15) is 5.21 Å². The van der Waals surface area contributed by atoms with Gasteiger partial charge in [0.2, 0.25) is 5.69 Å². The van der Waals surface area contributed by atoms with E-state index in [0.29, 0.717) is 11.4 Å². The molecule has 4 nitrogen and oxygen atoms in total. The first-order valence-corrected chi connectivity index (χ1v) is 3.84. The molecule has 0 saturated heterocycles. The Labute approximate surface area is 75.1 Å². The fraction of sp³-hybridized carbons (Fsp3) is 0. The van der Waals surface area contributed by atoms with Crippen LogP contribution in [0.2, 0.25) is 0 Å². The molecule has 4 heteroatoms. The zero-order chi connectivity index (χ0) is 9.10. The van der Waals surface area contributed by atoms with Crippen molar-refractivity contribution in [3.05, 3.63) is 47.9 Å². The largest absolute Gasteiger partial charge is 0.618 e. The molecule has 0 N–H and O–H groups in total. The van der Waals surface area contributed by atoms with Crippen LogP contribution in [0.4, 0.5) is 0 Å². The summed E-state index contributed by atoms with van der Waals surface area (Å²) in [6.07, 6.45) is 3.01. The molecule has 2 heterocycles. The van der Waals surface area contributed by atoms with Crippen LogP contribution >= 0.6 is 0 Å². The lowest BCUT2D eigenvalue weighted by Crippen LogP contribution is -2.28. The average molecular weight is 173 g/mol.